The number of piperazine rings is 1. The Morgan fingerprint density at radius 3 is 3.11 bits per heavy atom. The summed E-state index contributed by atoms with van der Waals surface area (Å²) < 4.78 is 1.69. The van der Waals surface area contributed by atoms with E-state index >= 15 is 0 Å². The van der Waals surface area contributed by atoms with Gasteiger partial charge in [-0.15, -0.1) is 10.2 Å². The molecule has 1 aliphatic rings. The molecular weight excluding hydrogens is 232 g/mol. The van der Waals surface area contributed by atoms with Crippen LogP contribution in [0.3, 0.4) is 0 Å². The topological polar surface area (TPSA) is 84.2 Å². The average Bonchev–Trinajstić information content (AvgIpc) is 2.75. The predicted molar refractivity (Wildman–Crippen MR) is 64.0 cm³/mol. The highest BCUT2D eigenvalue weighted by Crippen LogP contribution is 2.06. The normalized spacial score (nSPS) is 20.1. The molecule has 0 saturated carbocycles. The molecule has 18 heavy (non-hydrogen) atoms. The molecule has 1 unspecified atom stereocenters. The van der Waals surface area contributed by atoms with Crippen molar-refractivity contribution < 1.29 is 4.79 Å². The van der Waals surface area contributed by atoms with Gasteiger partial charge in [-0.2, -0.15) is 9.61 Å². The summed E-state index contributed by atoms with van der Waals surface area (Å²) in [4.78, 5) is 11.7. The van der Waals surface area contributed by atoms with Crippen molar-refractivity contribution in [2.24, 2.45) is 0 Å². The maximum Gasteiger partial charge on any atom is 0.237 e. The molecule has 2 N–H and O–H groups in total. The first-order valence-electron chi connectivity index (χ1n) is 5.93. The fourth-order valence-electron chi connectivity index (χ4n) is 2.05. The van der Waals surface area contributed by atoms with E-state index in [4.69, 9.17) is 0 Å². The van der Waals surface area contributed by atoms with Gasteiger partial charge in [0.25, 0.3) is 0 Å². The fourth-order valence-corrected chi connectivity index (χ4v) is 2.05. The van der Waals surface area contributed by atoms with Crippen molar-refractivity contribution in [3.8, 4) is 0 Å². The highest BCUT2D eigenvalue weighted by Gasteiger charge is 2.23. The maximum atomic E-state index is 11.7. The van der Waals surface area contributed by atoms with Crippen LogP contribution in [-0.4, -0.2) is 44.8 Å². The molecule has 2 aromatic heterocycles. The van der Waals surface area contributed by atoms with Crippen LogP contribution in [0.25, 0.3) is 5.65 Å². The molecule has 0 aromatic carbocycles. The van der Waals surface area contributed by atoms with Crippen molar-refractivity contribution >= 4 is 11.6 Å². The minimum absolute atomic E-state index is 0.00523. The first kappa shape index (κ1) is 11.1. The van der Waals surface area contributed by atoms with Crippen LogP contribution in [0.15, 0.2) is 12.1 Å². The molecule has 0 spiro atoms. The average molecular weight is 246 g/mol. The van der Waals surface area contributed by atoms with E-state index in [9.17, 15) is 4.79 Å². The Labute approximate surface area is 104 Å². The summed E-state index contributed by atoms with van der Waals surface area (Å²) in [6.45, 7) is 3.36. The molecular formula is C11H14N6O. The summed E-state index contributed by atoms with van der Waals surface area (Å²) in [5.74, 6) is 0.703. The third-order valence-corrected chi connectivity index (χ3v) is 2.98. The SMILES string of the molecule is Cc1ccc2nnc(CC3NCCNC3=O)n2n1. The molecule has 2 aromatic rings. The molecule has 1 atom stereocenters. The number of carbonyl (C=O) groups is 1. The Morgan fingerprint density at radius 2 is 2.28 bits per heavy atom. The lowest BCUT2D eigenvalue weighted by Gasteiger charge is -2.22. The number of amides is 1. The lowest BCUT2D eigenvalue weighted by Crippen LogP contribution is -2.53. The highest BCUT2D eigenvalue weighted by molar-refractivity contribution is 5.82. The van der Waals surface area contributed by atoms with Crippen LogP contribution in [-0.2, 0) is 11.2 Å². The molecule has 3 heterocycles. The number of carbonyl (C=O) groups excluding carboxylic acids is 1. The van der Waals surface area contributed by atoms with Crippen molar-refractivity contribution in [2.75, 3.05) is 13.1 Å². The van der Waals surface area contributed by atoms with E-state index in [1.165, 1.54) is 0 Å². The molecule has 0 radical (unpaired) electrons. The Bertz CT molecular complexity index is 592. The summed E-state index contributed by atoms with van der Waals surface area (Å²) in [6.07, 6.45) is 0.490. The van der Waals surface area contributed by atoms with Crippen LogP contribution >= 0.6 is 0 Å². The third kappa shape index (κ3) is 1.92. The number of nitrogens with one attached hydrogen (secondary N) is 2. The van der Waals surface area contributed by atoms with Gasteiger partial charge in [-0.1, -0.05) is 0 Å². The molecule has 3 rings (SSSR count). The fraction of sp³-hybridized carbons (Fsp3) is 0.455. The monoisotopic (exact) mass is 246 g/mol. The number of hydrogen-bond donors (Lipinski definition) is 2. The van der Waals surface area contributed by atoms with Crippen LogP contribution in [0, 0.1) is 6.92 Å². The maximum absolute atomic E-state index is 11.7. The zero-order valence-electron chi connectivity index (χ0n) is 10.1. The van der Waals surface area contributed by atoms with Gasteiger partial charge in [-0.25, -0.2) is 0 Å². The van der Waals surface area contributed by atoms with Crippen LogP contribution in [0.1, 0.15) is 11.5 Å². The van der Waals surface area contributed by atoms with E-state index in [1.807, 2.05) is 19.1 Å². The van der Waals surface area contributed by atoms with Crippen LogP contribution in [0.2, 0.25) is 0 Å². The lowest BCUT2D eigenvalue weighted by atomic mass is 10.1. The zero-order valence-corrected chi connectivity index (χ0v) is 10.1. The summed E-state index contributed by atoms with van der Waals surface area (Å²) in [7, 11) is 0. The number of aromatic nitrogens is 4. The number of aryl methyl sites for hydroxylation is 1. The van der Waals surface area contributed by atoms with Gasteiger partial charge in [0, 0.05) is 19.5 Å². The molecule has 1 saturated heterocycles. The third-order valence-electron chi connectivity index (χ3n) is 2.98. The molecule has 7 nitrogen and oxygen atoms in total. The van der Waals surface area contributed by atoms with Crippen molar-refractivity contribution in [1.29, 1.82) is 0 Å². The molecule has 7 heteroatoms. The second kappa shape index (κ2) is 4.34. The zero-order chi connectivity index (χ0) is 12.5. The molecule has 0 aliphatic carbocycles. The van der Waals surface area contributed by atoms with E-state index in [-0.39, 0.29) is 11.9 Å². The second-order valence-electron chi connectivity index (χ2n) is 4.36. The summed E-state index contributed by atoms with van der Waals surface area (Å²) in [5.41, 5.74) is 1.59. The van der Waals surface area contributed by atoms with Crippen LogP contribution in [0.5, 0.6) is 0 Å². The number of rotatable bonds is 2. The Kier molecular flexibility index (Phi) is 2.67. The van der Waals surface area contributed by atoms with Crippen LogP contribution < -0.4 is 10.6 Å². The van der Waals surface area contributed by atoms with Gasteiger partial charge in [0.1, 0.15) is 0 Å². The number of hydrogen-bond acceptors (Lipinski definition) is 5. The minimum Gasteiger partial charge on any atom is -0.353 e. The number of fused-ring (bicyclic) bond motifs is 1. The quantitative estimate of drug-likeness (QED) is 0.714. The standard InChI is InChI=1S/C11H14N6O/c1-7-2-3-9-14-15-10(17(9)16-7)6-8-11(18)13-5-4-12-8/h2-3,8,12H,4-6H2,1H3,(H,13,18). The van der Waals surface area contributed by atoms with E-state index in [2.05, 4.69) is 25.9 Å². The smallest absolute Gasteiger partial charge is 0.237 e. The highest BCUT2D eigenvalue weighted by atomic mass is 16.2. The van der Waals surface area contributed by atoms with E-state index in [1.54, 1.807) is 4.52 Å². The van der Waals surface area contributed by atoms with Gasteiger partial charge in [-0.05, 0) is 19.1 Å². The first-order valence-corrected chi connectivity index (χ1v) is 5.93. The summed E-state index contributed by atoms with van der Waals surface area (Å²) >= 11 is 0. The molecule has 1 fully saturated rings. The summed E-state index contributed by atoms with van der Waals surface area (Å²) in [5, 5.41) is 18.5. The molecule has 1 amide bonds. The minimum atomic E-state index is -0.256. The van der Waals surface area contributed by atoms with Gasteiger partial charge >= 0.3 is 0 Å². The lowest BCUT2D eigenvalue weighted by molar-refractivity contribution is -0.124. The second-order valence-corrected chi connectivity index (χ2v) is 4.36. The number of nitrogens with zero attached hydrogens (tertiary/aromatic N) is 4. The van der Waals surface area contributed by atoms with Crippen molar-refractivity contribution in [2.45, 2.75) is 19.4 Å². The molecule has 1 aliphatic heterocycles. The Morgan fingerprint density at radius 1 is 1.39 bits per heavy atom. The van der Waals surface area contributed by atoms with Gasteiger partial charge < -0.3 is 10.6 Å². The Balaban J connectivity index is 1.90. The van der Waals surface area contributed by atoms with Gasteiger partial charge in [-0.3, -0.25) is 4.79 Å². The van der Waals surface area contributed by atoms with Crippen molar-refractivity contribution in [1.82, 2.24) is 30.4 Å². The van der Waals surface area contributed by atoms with Crippen molar-refractivity contribution in [3.63, 3.8) is 0 Å². The van der Waals surface area contributed by atoms with Gasteiger partial charge in [0.2, 0.25) is 5.91 Å². The van der Waals surface area contributed by atoms with Crippen LogP contribution in [0.4, 0.5) is 0 Å². The first-order chi connectivity index (χ1) is 8.74. The largest absolute Gasteiger partial charge is 0.353 e. The van der Waals surface area contributed by atoms with Crippen molar-refractivity contribution in [3.05, 3.63) is 23.7 Å². The van der Waals surface area contributed by atoms with Gasteiger partial charge in [0.15, 0.2) is 11.5 Å². The predicted octanol–water partition coefficient (Wildman–Crippen LogP) is -0.937. The molecule has 94 valence electrons. The molecule has 0 bridgehead atoms. The van der Waals surface area contributed by atoms with E-state index in [0.717, 1.165) is 12.2 Å². The van der Waals surface area contributed by atoms with E-state index < -0.39 is 0 Å². The van der Waals surface area contributed by atoms with Gasteiger partial charge in [0.05, 0.1) is 11.7 Å². The summed E-state index contributed by atoms with van der Waals surface area (Å²) in [6, 6.07) is 3.50. The van der Waals surface area contributed by atoms with E-state index in [0.29, 0.717) is 24.4 Å². The Hall–Kier alpha value is -2.02.